The molecule has 1 aromatic heterocycles. The molecule has 0 fully saturated rings. The lowest BCUT2D eigenvalue weighted by molar-refractivity contribution is -0.137. The molecule has 0 aliphatic rings. The van der Waals surface area contributed by atoms with E-state index in [-0.39, 0.29) is 0 Å². The molecule has 0 saturated heterocycles. The maximum atomic E-state index is 12.6. The average Bonchev–Trinajstić information content (AvgIpc) is 2.87. The second-order valence-corrected chi connectivity index (χ2v) is 5.06. The zero-order valence-electron chi connectivity index (χ0n) is 11.5. The number of hydrogen-bond donors (Lipinski definition) is 1. The summed E-state index contributed by atoms with van der Waals surface area (Å²) in [5.74, 6) is 0.576. The monoisotopic (exact) mass is 290 g/mol. The fourth-order valence-electron chi connectivity index (χ4n) is 2.27. The fraction of sp³-hybridized carbons (Fsp3) is 0.188. The number of H-pyrrole nitrogens is 1. The molecule has 0 aliphatic heterocycles. The molecule has 5 heteroatoms. The van der Waals surface area contributed by atoms with E-state index in [1.807, 2.05) is 26.0 Å². The van der Waals surface area contributed by atoms with Gasteiger partial charge < -0.3 is 4.98 Å². The van der Waals surface area contributed by atoms with Crippen molar-refractivity contribution in [2.75, 3.05) is 0 Å². The third-order valence-corrected chi connectivity index (χ3v) is 3.66. The van der Waals surface area contributed by atoms with Crippen molar-refractivity contribution in [3.05, 3.63) is 53.1 Å². The van der Waals surface area contributed by atoms with Crippen molar-refractivity contribution in [1.29, 1.82) is 0 Å². The summed E-state index contributed by atoms with van der Waals surface area (Å²) in [7, 11) is 0. The van der Waals surface area contributed by atoms with Gasteiger partial charge in [0.1, 0.15) is 5.82 Å². The van der Waals surface area contributed by atoms with Gasteiger partial charge in [-0.1, -0.05) is 18.2 Å². The van der Waals surface area contributed by atoms with E-state index in [0.717, 1.165) is 34.3 Å². The summed E-state index contributed by atoms with van der Waals surface area (Å²) in [5, 5.41) is 0. The van der Waals surface area contributed by atoms with Crippen LogP contribution in [0.3, 0.4) is 0 Å². The lowest BCUT2D eigenvalue weighted by Gasteiger charge is -2.06. The Kier molecular flexibility index (Phi) is 3.01. The molecule has 0 radical (unpaired) electrons. The number of rotatable bonds is 1. The molecule has 0 amide bonds. The molecule has 3 rings (SSSR count). The van der Waals surface area contributed by atoms with Crippen LogP contribution in [0, 0.1) is 13.8 Å². The second kappa shape index (κ2) is 4.62. The minimum atomic E-state index is -4.32. The van der Waals surface area contributed by atoms with E-state index in [1.165, 1.54) is 12.1 Å². The summed E-state index contributed by atoms with van der Waals surface area (Å²) < 4.78 is 37.7. The molecule has 108 valence electrons. The smallest absolute Gasteiger partial charge is 0.338 e. The van der Waals surface area contributed by atoms with Crippen molar-refractivity contribution < 1.29 is 13.2 Å². The van der Waals surface area contributed by atoms with Gasteiger partial charge in [-0.15, -0.1) is 0 Å². The number of nitrogens with one attached hydrogen (secondary N) is 1. The maximum Gasteiger partial charge on any atom is 0.416 e. The van der Waals surface area contributed by atoms with Gasteiger partial charge in [0, 0.05) is 5.56 Å². The zero-order chi connectivity index (χ0) is 15.2. The number of halogens is 3. The summed E-state index contributed by atoms with van der Waals surface area (Å²) in [6.07, 6.45) is -4.32. The quantitative estimate of drug-likeness (QED) is 0.681. The van der Waals surface area contributed by atoms with E-state index in [1.54, 1.807) is 0 Å². The minimum absolute atomic E-state index is 0.576. The molecule has 21 heavy (non-hydrogen) atoms. The molecule has 0 spiro atoms. The van der Waals surface area contributed by atoms with Gasteiger partial charge in [0.2, 0.25) is 0 Å². The Morgan fingerprint density at radius 1 is 0.952 bits per heavy atom. The number of fused-ring (bicyclic) bond motifs is 1. The number of nitrogens with zero attached hydrogens (tertiary/aromatic N) is 1. The summed E-state index contributed by atoms with van der Waals surface area (Å²) in [4.78, 5) is 7.64. The van der Waals surface area contributed by atoms with Gasteiger partial charge in [0.15, 0.2) is 0 Å². The van der Waals surface area contributed by atoms with Crippen molar-refractivity contribution in [2.24, 2.45) is 0 Å². The highest BCUT2D eigenvalue weighted by molar-refractivity contribution is 5.83. The van der Waals surface area contributed by atoms with Gasteiger partial charge >= 0.3 is 6.18 Å². The highest BCUT2D eigenvalue weighted by atomic mass is 19.4. The molecular weight excluding hydrogens is 277 g/mol. The molecule has 2 aromatic carbocycles. The molecule has 1 N–H and O–H groups in total. The number of aromatic nitrogens is 2. The van der Waals surface area contributed by atoms with Crippen LogP contribution in [0.5, 0.6) is 0 Å². The van der Waals surface area contributed by atoms with Crippen molar-refractivity contribution in [3.63, 3.8) is 0 Å². The number of aryl methyl sites for hydroxylation is 2. The van der Waals surface area contributed by atoms with Gasteiger partial charge in [0.25, 0.3) is 0 Å². The number of benzene rings is 2. The van der Waals surface area contributed by atoms with E-state index >= 15 is 0 Å². The van der Waals surface area contributed by atoms with Crippen LogP contribution in [-0.2, 0) is 6.18 Å². The van der Waals surface area contributed by atoms with Crippen LogP contribution in [0.1, 0.15) is 16.7 Å². The first kappa shape index (κ1) is 13.7. The average molecular weight is 290 g/mol. The Balaban J connectivity index is 2.06. The molecular formula is C16H13F3N2. The second-order valence-electron chi connectivity index (χ2n) is 5.06. The highest BCUT2D eigenvalue weighted by Crippen LogP contribution is 2.31. The van der Waals surface area contributed by atoms with Crippen LogP contribution >= 0.6 is 0 Å². The third-order valence-electron chi connectivity index (χ3n) is 3.66. The molecule has 0 aliphatic carbocycles. The topological polar surface area (TPSA) is 28.7 Å². The molecule has 2 nitrogen and oxygen atoms in total. The minimum Gasteiger partial charge on any atom is -0.338 e. The van der Waals surface area contributed by atoms with Gasteiger partial charge in [-0.05, 0) is 43.2 Å². The van der Waals surface area contributed by atoms with E-state index in [0.29, 0.717) is 11.4 Å². The summed E-state index contributed by atoms with van der Waals surface area (Å²) in [5.41, 5.74) is 3.92. The molecule has 0 unspecified atom stereocenters. The van der Waals surface area contributed by atoms with Crippen LogP contribution in [0.4, 0.5) is 13.2 Å². The Bertz CT molecular complexity index is 799. The summed E-state index contributed by atoms with van der Waals surface area (Å²) in [6.45, 7) is 3.98. The number of aromatic amines is 1. The van der Waals surface area contributed by atoms with Crippen molar-refractivity contribution in [3.8, 4) is 11.4 Å². The Labute approximate surface area is 119 Å². The highest BCUT2D eigenvalue weighted by Gasteiger charge is 2.30. The van der Waals surface area contributed by atoms with E-state index in [4.69, 9.17) is 0 Å². The molecule has 0 saturated carbocycles. The van der Waals surface area contributed by atoms with E-state index in [2.05, 4.69) is 9.97 Å². The molecule has 0 atom stereocenters. The van der Waals surface area contributed by atoms with Crippen molar-refractivity contribution >= 4 is 11.0 Å². The first-order valence-electron chi connectivity index (χ1n) is 6.50. The summed E-state index contributed by atoms with van der Waals surface area (Å²) in [6, 6.07) is 8.93. The predicted octanol–water partition coefficient (Wildman–Crippen LogP) is 4.87. The summed E-state index contributed by atoms with van der Waals surface area (Å²) >= 11 is 0. The molecule has 1 heterocycles. The van der Waals surface area contributed by atoms with Gasteiger partial charge in [-0.25, -0.2) is 4.98 Å². The van der Waals surface area contributed by atoms with Crippen molar-refractivity contribution in [2.45, 2.75) is 20.0 Å². The Hall–Kier alpha value is -2.30. The third kappa shape index (κ3) is 2.39. The number of hydrogen-bond acceptors (Lipinski definition) is 1. The Morgan fingerprint density at radius 3 is 2.24 bits per heavy atom. The lowest BCUT2D eigenvalue weighted by Crippen LogP contribution is -2.04. The van der Waals surface area contributed by atoms with Crippen molar-refractivity contribution in [1.82, 2.24) is 9.97 Å². The van der Waals surface area contributed by atoms with E-state index < -0.39 is 11.7 Å². The lowest BCUT2D eigenvalue weighted by atomic mass is 10.1. The van der Waals surface area contributed by atoms with Crippen LogP contribution in [0.15, 0.2) is 36.4 Å². The first-order valence-corrected chi connectivity index (χ1v) is 6.50. The number of alkyl halides is 3. The molecule has 3 aromatic rings. The normalized spacial score (nSPS) is 12.0. The Morgan fingerprint density at radius 2 is 1.62 bits per heavy atom. The van der Waals surface area contributed by atoms with Gasteiger partial charge in [-0.2, -0.15) is 13.2 Å². The zero-order valence-corrected chi connectivity index (χ0v) is 11.5. The fourth-order valence-corrected chi connectivity index (χ4v) is 2.27. The van der Waals surface area contributed by atoms with Crippen LogP contribution in [0.25, 0.3) is 22.4 Å². The van der Waals surface area contributed by atoms with Gasteiger partial charge in [-0.3, -0.25) is 0 Å². The number of imidazole rings is 1. The van der Waals surface area contributed by atoms with Gasteiger partial charge in [0.05, 0.1) is 16.6 Å². The van der Waals surface area contributed by atoms with E-state index in [9.17, 15) is 13.2 Å². The maximum absolute atomic E-state index is 12.6. The van der Waals surface area contributed by atoms with Crippen LogP contribution in [0.2, 0.25) is 0 Å². The SMILES string of the molecule is Cc1ccc2[nH]c(-c3ccc(C(F)(F)F)cc3)nc2c1C. The van der Waals surface area contributed by atoms with Crippen LogP contribution in [-0.4, -0.2) is 9.97 Å². The standard InChI is InChI=1S/C16H13F3N2/c1-9-3-8-13-14(10(9)2)21-15(20-13)11-4-6-12(7-5-11)16(17,18)19/h3-8H,1-2H3,(H,20,21). The first-order chi connectivity index (χ1) is 9.86. The molecule has 0 bridgehead atoms. The predicted molar refractivity (Wildman–Crippen MR) is 76.0 cm³/mol. The largest absolute Gasteiger partial charge is 0.416 e. The van der Waals surface area contributed by atoms with Crippen LogP contribution < -0.4 is 0 Å².